The molecule has 2 fully saturated rings. The highest BCUT2D eigenvalue weighted by Crippen LogP contribution is 2.44. The summed E-state index contributed by atoms with van der Waals surface area (Å²) in [6.45, 7) is 5.95. The quantitative estimate of drug-likeness (QED) is 0.300. The Hall–Kier alpha value is -3.03. The van der Waals surface area contributed by atoms with Gasteiger partial charge in [0.05, 0.1) is 12.1 Å². The molecule has 3 unspecified atom stereocenters. The summed E-state index contributed by atoms with van der Waals surface area (Å²) in [5, 5.41) is 3.46. The minimum absolute atomic E-state index is 0.0543. The van der Waals surface area contributed by atoms with E-state index in [0.717, 1.165) is 55.5 Å². The smallest absolute Gasteiger partial charge is 0.134 e. The molecule has 1 saturated carbocycles. The molecule has 3 atom stereocenters. The first kappa shape index (κ1) is 29.1. The highest BCUT2D eigenvalue weighted by Gasteiger charge is 2.40. The van der Waals surface area contributed by atoms with Crippen LogP contribution in [0.15, 0.2) is 60.7 Å². The molecule has 6 rings (SSSR count). The van der Waals surface area contributed by atoms with Gasteiger partial charge in [-0.3, -0.25) is 4.90 Å². The fraction of sp³-hybridized carbons (Fsp3) is 0.486. The number of fused-ring (bicyclic) bond motifs is 1. The maximum Gasteiger partial charge on any atom is 0.134 e. The molecule has 1 saturated heterocycles. The molecule has 0 bridgehead atoms. The molecule has 3 aromatic carbocycles. The fourth-order valence-corrected chi connectivity index (χ4v) is 7.24. The van der Waals surface area contributed by atoms with Gasteiger partial charge in [-0.15, -0.1) is 0 Å². The third-order valence-electron chi connectivity index (χ3n) is 9.12. The van der Waals surface area contributed by atoms with Crippen LogP contribution in [0.3, 0.4) is 0 Å². The van der Waals surface area contributed by atoms with Crippen LogP contribution in [0, 0.1) is 17.0 Å². The van der Waals surface area contributed by atoms with E-state index < -0.39 is 23.3 Å². The highest BCUT2D eigenvalue weighted by atomic mass is 19.1. The molecule has 0 aromatic heterocycles. The Balaban J connectivity index is 1.27. The Morgan fingerprint density at radius 1 is 1.00 bits per heavy atom. The highest BCUT2D eigenvalue weighted by molar-refractivity contribution is 5.46. The molecule has 1 spiro atoms. The Bertz CT molecular complexity index is 1360. The molecular weight excluding hydrogens is 537 g/mol. The summed E-state index contributed by atoms with van der Waals surface area (Å²) < 4.78 is 59.1. The molecule has 3 aromatic rings. The number of halogens is 3. The van der Waals surface area contributed by atoms with Crippen LogP contribution < -0.4 is 14.8 Å². The molecule has 1 aliphatic carbocycles. The Labute approximate surface area is 247 Å². The molecule has 2 aliphatic heterocycles. The third-order valence-corrected chi connectivity index (χ3v) is 9.12. The van der Waals surface area contributed by atoms with Crippen LogP contribution in [0.2, 0.25) is 0 Å². The monoisotopic (exact) mass is 578 g/mol. The van der Waals surface area contributed by atoms with Crippen LogP contribution in [0.4, 0.5) is 13.2 Å². The number of nitrogens with zero attached hydrogens (tertiary/aromatic N) is 1. The van der Waals surface area contributed by atoms with Crippen LogP contribution in [-0.4, -0.2) is 42.9 Å². The summed E-state index contributed by atoms with van der Waals surface area (Å²) in [6.07, 6.45) is 5.70. The van der Waals surface area contributed by atoms with E-state index in [1.165, 1.54) is 32.4 Å². The summed E-state index contributed by atoms with van der Waals surface area (Å²) in [7, 11) is 0. The average molecular weight is 579 g/mol. The van der Waals surface area contributed by atoms with Crippen molar-refractivity contribution in [3.05, 3.63) is 94.6 Å². The predicted octanol–water partition coefficient (Wildman–Crippen LogP) is 7.54. The number of benzene rings is 3. The van der Waals surface area contributed by atoms with Crippen molar-refractivity contribution in [2.24, 2.45) is 5.41 Å². The summed E-state index contributed by atoms with van der Waals surface area (Å²) in [5.41, 5.74) is 1.41. The average Bonchev–Trinajstić information content (AvgIpc) is 3.39. The van der Waals surface area contributed by atoms with Crippen molar-refractivity contribution >= 4 is 0 Å². The number of hydrogen-bond acceptors (Lipinski definition) is 4. The van der Waals surface area contributed by atoms with E-state index in [9.17, 15) is 4.39 Å². The minimum atomic E-state index is -1.53. The second-order valence-electron chi connectivity index (χ2n) is 13.0. The standard InChI is InChI=1S/C35H41F3N2O2/c1-34(2,38)23-40-16-12-25-17-26(41-21-24-7-4-3-5-8-24)10-11-29(25)33(40)32-30(36)18-28(19-31(32)37)42-27-9-6-13-35(20-27)14-15-39-22-35/h3-5,7-8,10-11,17-19,27,33,39H,6,9,12-16,20-23H2,1-2H3. The van der Waals surface area contributed by atoms with Crippen molar-refractivity contribution in [3.63, 3.8) is 0 Å². The fourth-order valence-electron chi connectivity index (χ4n) is 7.24. The molecule has 224 valence electrons. The van der Waals surface area contributed by atoms with Gasteiger partial charge in [0.25, 0.3) is 0 Å². The molecular formula is C35H41F3N2O2. The van der Waals surface area contributed by atoms with Crippen molar-refractivity contribution in [2.45, 2.75) is 76.8 Å². The number of nitrogens with one attached hydrogen (secondary N) is 1. The van der Waals surface area contributed by atoms with Crippen molar-refractivity contribution in [1.29, 1.82) is 0 Å². The zero-order valence-electron chi connectivity index (χ0n) is 24.6. The first-order valence-electron chi connectivity index (χ1n) is 15.3. The molecule has 42 heavy (non-hydrogen) atoms. The van der Waals surface area contributed by atoms with Gasteiger partial charge in [0.1, 0.15) is 35.4 Å². The molecule has 0 amide bonds. The topological polar surface area (TPSA) is 33.7 Å². The molecule has 3 aliphatic rings. The number of rotatable bonds is 8. The van der Waals surface area contributed by atoms with E-state index >= 15 is 8.78 Å². The lowest BCUT2D eigenvalue weighted by Crippen LogP contribution is -2.43. The summed E-state index contributed by atoms with van der Waals surface area (Å²) in [4.78, 5) is 1.85. The minimum Gasteiger partial charge on any atom is -0.490 e. The largest absolute Gasteiger partial charge is 0.490 e. The summed E-state index contributed by atoms with van der Waals surface area (Å²) in [6, 6.07) is 17.4. The van der Waals surface area contributed by atoms with Gasteiger partial charge >= 0.3 is 0 Å². The van der Waals surface area contributed by atoms with Crippen LogP contribution >= 0.6 is 0 Å². The second-order valence-corrected chi connectivity index (χ2v) is 13.0. The lowest BCUT2D eigenvalue weighted by atomic mass is 9.72. The van der Waals surface area contributed by atoms with Gasteiger partial charge in [0.2, 0.25) is 0 Å². The summed E-state index contributed by atoms with van der Waals surface area (Å²) >= 11 is 0. The van der Waals surface area contributed by atoms with Gasteiger partial charge in [-0.2, -0.15) is 0 Å². The van der Waals surface area contributed by atoms with Crippen LogP contribution in [0.5, 0.6) is 11.5 Å². The zero-order valence-corrected chi connectivity index (χ0v) is 24.6. The first-order chi connectivity index (χ1) is 20.2. The number of ether oxygens (including phenoxy) is 2. The normalized spacial score (nSPS) is 24.5. The van der Waals surface area contributed by atoms with Gasteiger partial charge < -0.3 is 14.8 Å². The van der Waals surface area contributed by atoms with Gasteiger partial charge in [0.15, 0.2) is 0 Å². The van der Waals surface area contributed by atoms with Crippen molar-refractivity contribution in [1.82, 2.24) is 10.2 Å². The summed E-state index contributed by atoms with van der Waals surface area (Å²) in [5.74, 6) is -0.410. The first-order valence-corrected chi connectivity index (χ1v) is 15.3. The molecule has 2 heterocycles. The van der Waals surface area contributed by atoms with E-state index in [-0.39, 0.29) is 29.4 Å². The molecule has 4 nitrogen and oxygen atoms in total. The van der Waals surface area contributed by atoms with E-state index in [4.69, 9.17) is 9.47 Å². The Kier molecular flexibility index (Phi) is 8.25. The lowest BCUT2D eigenvalue weighted by Gasteiger charge is -2.40. The van der Waals surface area contributed by atoms with Gasteiger partial charge in [-0.05, 0) is 93.2 Å². The van der Waals surface area contributed by atoms with Crippen molar-refractivity contribution < 1.29 is 22.6 Å². The Morgan fingerprint density at radius 3 is 2.50 bits per heavy atom. The molecule has 0 radical (unpaired) electrons. The molecule has 1 N–H and O–H groups in total. The van der Waals surface area contributed by atoms with Crippen LogP contribution in [0.25, 0.3) is 0 Å². The predicted molar refractivity (Wildman–Crippen MR) is 159 cm³/mol. The lowest BCUT2D eigenvalue weighted by molar-refractivity contribution is 0.0741. The maximum absolute atomic E-state index is 16.0. The van der Waals surface area contributed by atoms with Gasteiger partial charge in [-0.25, -0.2) is 13.2 Å². The van der Waals surface area contributed by atoms with Gasteiger partial charge in [-0.1, -0.05) is 36.4 Å². The van der Waals surface area contributed by atoms with E-state index in [2.05, 4.69) is 5.32 Å². The van der Waals surface area contributed by atoms with Crippen molar-refractivity contribution in [3.8, 4) is 11.5 Å². The van der Waals surface area contributed by atoms with Crippen LogP contribution in [-0.2, 0) is 13.0 Å². The van der Waals surface area contributed by atoms with Gasteiger partial charge in [0, 0.05) is 37.3 Å². The third kappa shape index (κ3) is 6.47. The zero-order chi connectivity index (χ0) is 29.3. The van der Waals surface area contributed by atoms with E-state index in [0.29, 0.717) is 25.3 Å². The Morgan fingerprint density at radius 2 is 1.79 bits per heavy atom. The maximum atomic E-state index is 16.0. The second kappa shape index (κ2) is 11.9. The van der Waals surface area contributed by atoms with E-state index in [1.807, 2.05) is 53.4 Å². The van der Waals surface area contributed by atoms with Crippen molar-refractivity contribution in [2.75, 3.05) is 26.2 Å². The number of hydrogen-bond donors (Lipinski definition) is 1. The van der Waals surface area contributed by atoms with Crippen LogP contribution in [0.1, 0.15) is 74.2 Å². The number of alkyl halides is 1. The molecule has 7 heteroatoms. The van der Waals surface area contributed by atoms with E-state index in [1.54, 1.807) is 0 Å². The SMILES string of the molecule is CC(C)(F)CN1CCc2cc(OCc3ccccc3)ccc2C1c1c(F)cc(OC2CCCC3(CCNC3)C2)cc1F.